The van der Waals surface area contributed by atoms with Gasteiger partial charge in [0.2, 0.25) is 0 Å². The molecule has 0 aliphatic carbocycles. The van der Waals surface area contributed by atoms with Gasteiger partial charge in [-0.05, 0) is 6.92 Å². The molecule has 2 rings (SSSR count). The Morgan fingerprint density at radius 2 is 1.79 bits per heavy atom. The summed E-state index contributed by atoms with van der Waals surface area (Å²) in [6, 6.07) is 6.51. The van der Waals surface area contributed by atoms with Crippen molar-refractivity contribution >= 4 is 0 Å². The molecular weight excluding hydrogens is 184 g/mol. The number of hydrogen-bond acceptors (Lipinski definition) is 1. The first-order chi connectivity index (χ1) is 6.60. The summed E-state index contributed by atoms with van der Waals surface area (Å²) < 4.78 is 27.4. The lowest BCUT2D eigenvalue weighted by atomic mass is 9.89. The molecule has 1 aliphatic heterocycles. The third-order valence-corrected chi connectivity index (χ3v) is 2.73. The molecule has 76 valence electrons. The van der Waals surface area contributed by atoms with Gasteiger partial charge < -0.3 is 5.32 Å². The summed E-state index contributed by atoms with van der Waals surface area (Å²) in [4.78, 5) is 0. The first kappa shape index (κ1) is 9.59. The van der Waals surface area contributed by atoms with Gasteiger partial charge in [-0.2, -0.15) is 0 Å². The molecule has 0 bridgehead atoms. The second kappa shape index (κ2) is 3.31. The lowest BCUT2D eigenvalue weighted by molar-refractivity contribution is -0.0834. The van der Waals surface area contributed by atoms with Crippen molar-refractivity contribution in [2.75, 3.05) is 13.1 Å². The van der Waals surface area contributed by atoms with Crippen molar-refractivity contribution in [1.29, 1.82) is 0 Å². The van der Waals surface area contributed by atoms with Gasteiger partial charge in [0, 0.05) is 18.7 Å². The molecular formula is C11H13F2N. The fourth-order valence-corrected chi connectivity index (χ4v) is 1.56. The van der Waals surface area contributed by atoms with Crippen molar-refractivity contribution in [3.8, 4) is 0 Å². The van der Waals surface area contributed by atoms with Crippen molar-refractivity contribution in [2.45, 2.75) is 12.8 Å². The van der Waals surface area contributed by atoms with Gasteiger partial charge in [-0.15, -0.1) is 0 Å². The van der Waals surface area contributed by atoms with Crippen LogP contribution in [0.3, 0.4) is 0 Å². The van der Waals surface area contributed by atoms with E-state index in [1.54, 1.807) is 12.1 Å². The van der Waals surface area contributed by atoms with Crippen LogP contribution >= 0.6 is 0 Å². The van der Waals surface area contributed by atoms with Crippen LogP contribution in [-0.4, -0.2) is 13.1 Å². The molecule has 1 nitrogen and oxygen atoms in total. The predicted molar refractivity (Wildman–Crippen MR) is 51.4 cm³/mol. The van der Waals surface area contributed by atoms with E-state index >= 15 is 0 Å². The number of hydrogen-bond donors (Lipinski definition) is 1. The number of alkyl halides is 2. The normalized spacial score (nSPS) is 17.9. The zero-order valence-corrected chi connectivity index (χ0v) is 8.06. The van der Waals surface area contributed by atoms with Crippen molar-refractivity contribution in [3.05, 3.63) is 35.4 Å². The lowest BCUT2D eigenvalue weighted by Crippen LogP contribution is -2.50. The minimum atomic E-state index is -2.68. The SMILES string of the molecule is Cc1ccc(C(F)(F)C2CNC2)cc1. The molecule has 1 N–H and O–H groups in total. The highest BCUT2D eigenvalue weighted by atomic mass is 19.3. The Bertz CT molecular complexity index is 315. The fourth-order valence-electron chi connectivity index (χ4n) is 1.56. The molecule has 0 radical (unpaired) electrons. The maximum atomic E-state index is 13.7. The average Bonchev–Trinajstić information content (AvgIpc) is 2.00. The number of nitrogens with one attached hydrogen (secondary N) is 1. The summed E-state index contributed by atoms with van der Waals surface area (Å²) in [5.41, 5.74) is 1.14. The van der Waals surface area contributed by atoms with E-state index in [4.69, 9.17) is 0 Å². The zero-order chi connectivity index (χ0) is 10.2. The van der Waals surface area contributed by atoms with Gasteiger partial charge in [0.1, 0.15) is 0 Å². The predicted octanol–water partition coefficient (Wildman–Crippen LogP) is 2.31. The van der Waals surface area contributed by atoms with Crippen LogP contribution in [0, 0.1) is 12.8 Å². The summed E-state index contributed by atoms with van der Waals surface area (Å²) in [5.74, 6) is -3.22. The number of rotatable bonds is 2. The molecule has 1 aromatic rings. The summed E-state index contributed by atoms with van der Waals surface area (Å²) in [6.07, 6.45) is 0. The van der Waals surface area contributed by atoms with E-state index in [0.29, 0.717) is 13.1 Å². The molecule has 1 aliphatic rings. The summed E-state index contributed by atoms with van der Waals surface area (Å²) in [6.45, 7) is 2.73. The Hall–Kier alpha value is -0.960. The minimum Gasteiger partial charge on any atom is -0.316 e. The van der Waals surface area contributed by atoms with Crippen LogP contribution in [0.2, 0.25) is 0 Å². The van der Waals surface area contributed by atoms with Crippen LogP contribution in [0.25, 0.3) is 0 Å². The number of halogens is 2. The smallest absolute Gasteiger partial charge is 0.278 e. The van der Waals surface area contributed by atoms with Crippen molar-refractivity contribution in [3.63, 3.8) is 0 Å². The van der Waals surface area contributed by atoms with Gasteiger partial charge in [0.15, 0.2) is 0 Å². The third kappa shape index (κ3) is 1.52. The summed E-state index contributed by atoms with van der Waals surface area (Å²) in [7, 11) is 0. The Kier molecular flexibility index (Phi) is 2.27. The van der Waals surface area contributed by atoms with Gasteiger partial charge in [-0.3, -0.25) is 0 Å². The van der Waals surface area contributed by atoms with Gasteiger partial charge in [0.25, 0.3) is 5.92 Å². The van der Waals surface area contributed by atoms with Crippen LogP contribution < -0.4 is 5.32 Å². The zero-order valence-electron chi connectivity index (χ0n) is 8.06. The van der Waals surface area contributed by atoms with Crippen LogP contribution in [0.15, 0.2) is 24.3 Å². The number of benzene rings is 1. The molecule has 14 heavy (non-hydrogen) atoms. The molecule has 0 aromatic heterocycles. The average molecular weight is 197 g/mol. The van der Waals surface area contributed by atoms with E-state index in [1.165, 1.54) is 12.1 Å². The van der Waals surface area contributed by atoms with Gasteiger partial charge >= 0.3 is 0 Å². The van der Waals surface area contributed by atoms with Gasteiger partial charge in [0.05, 0.1) is 5.92 Å². The molecule has 1 saturated heterocycles. The molecule has 0 atom stereocenters. The third-order valence-electron chi connectivity index (χ3n) is 2.73. The summed E-state index contributed by atoms with van der Waals surface area (Å²) in [5, 5.41) is 2.87. The first-order valence-electron chi connectivity index (χ1n) is 4.76. The van der Waals surface area contributed by atoms with E-state index < -0.39 is 11.8 Å². The Balaban J connectivity index is 2.23. The van der Waals surface area contributed by atoms with Gasteiger partial charge in [-0.25, -0.2) is 8.78 Å². The Morgan fingerprint density at radius 1 is 1.21 bits per heavy atom. The highest BCUT2D eigenvalue weighted by Crippen LogP contribution is 2.37. The Morgan fingerprint density at radius 3 is 2.21 bits per heavy atom. The molecule has 0 unspecified atom stereocenters. The van der Waals surface area contributed by atoms with Crippen LogP contribution in [0.5, 0.6) is 0 Å². The molecule has 3 heteroatoms. The second-order valence-corrected chi connectivity index (χ2v) is 3.84. The van der Waals surface area contributed by atoms with E-state index in [2.05, 4.69) is 5.32 Å². The first-order valence-corrected chi connectivity index (χ1v) is 4.76. The monoisotopic (exact) mass is 197 g/mol. The standard InChI is InChI=1S/C11H13F2N/c1-8-2-4-9(5-3-8)11(12,13)10-6-14-7-10/h2-5,10,14H,6-7H2,1H3. The van der Waals surface area contributed by atoms with E-state index in [-0.39, 0.29) is 5.56 Å². The topological polar surface area (TPSA) is 12.0 Å². The molecule has 0 saturated carbocycles. The molecule has 0 spiro atoms. The van der Waals surface area contributed by atoms with Crippen LogP contribution in [0.1, 0.15) is 11.1 Å². The number of aryl methyl sites for hydroxylation is 1. The van der Waals surface area contributed by atoms with Crippen molar-refractivity contribution in [1.82, 2.24) is 5.32 Å². The second-order valence-electron chi connectivity index (χ2n) is 3.84. The molecule has 0 amide bonds. The highest BCUT2D eigenvalue weighted by Gasteiger charge is 2.44. The molecule has 1 aromatic carbocycles. The van der Waals surface area contributed by atoms with E-state index in [0.717, 1.165) is 5.56 Å². The maximum Gasteiger partial charge on any atom is 0.278 e. The van der Waals surface area contributed by atoms with E-state index in [1.807, 2.05) is 6.92 Å². The van der Waals surface area contributed by atoms with Crippen molar-refractivity contribution < 1.29 is 8.78 Å². The largest absolute Gasteiger partial charge is 0.316 e. The maximum absolute atomic E-state index is 13.7. The quantitative estimate of drug-likeness (QED) is 0.767. The van der Waals surface area contributed by atoms with E-state index in [9.17, 15) is 8.78 Å². The Labute approximate surface area is 82.1 Å². The van der Waals surface area contributed by atoms with Gasteiger partial charge in [-0.1, -0.05) is 29.8 Å². The lowest BCUT2D eigenvalue weighted by Gasteiger charge is -2.34. The fraction of sp³-hybridized carbons (Fsp3) is 0.455. The van der Waals surface area contributed by atoms with Crippen molar-refractivity contribution in [2.24, 2.45) is 5.92 Å². The molecule has 1 heterocycles. The molecule has 1 fully saturated rings. The van der Waals surface area contributed by atoms with Crippen LogP contribution in [-0.2, 0) is 5.92 Å². The minimum absolute atomic E-state index is 0.134. The van der Waals surface area contributed by atoms with Crippen LogP contribution in [0.4, 0.5) is 8.78 Å². The summed E-state index contributed by atoms with van der Waals surface area (Å²) >= 11 is 0. The highest BCUT2D eigenvalue weighted by molar-refractivity contribution is 5.26.